The summed E-state index contributed by atoms with van der Waals surface area (Å²) in [5.41, 5.74) is 2.97. The fourth-order valence-electron chi connectivity index (χ4n) is 1.80. The van der Waals surface area contributed by atoms with Crippen molar-refractivity contribution in [1.29, 1.82) is 0 Å². The van der Waals surface area contributed by atoms with Gasteiger partial charge in [-0.15, -0.1) is 0 Å². The molecule has 96 valence electrons. The Balaban J connectivity index is 2.26. The van der Waals surface area contributed by atoms with E-state index in [2.05, 4.69) is 5.32 Å². The highest BCUT2D eigenvalue weighted by molar-refractivity contribution is 5.96. The lowest BCUT2D eigenvalue weighted by atomic mass is 10.1. The molecule has 0 atom stereocenters. The molecule has 0 saturated carbocycles. The maximum atomic E-state index is 11.3. The highest BCUT2D eigenvalue weighted by Crippen LogP contribution is 2.19. The van der Waals surface area contributed by atoms with E-state index in [1.54, 1.807) is 24.3 Å². The molecule has 0 saturated heterocycles. The summed E-state index contributed by atoms with van der Waals surface area (Å²) in [4.78, 5) is 22.6. The van der Waals surface area contributed by atoms with Gasteiger partial charge in [-0.2, -0.15) is 0 Å². The largest absolute Gasteiger partial charge is 0.355 e. The minimum Gasteiger partial charge on any atom is -0.355 e. The van der Waals surface area contributed by atoms with Gasteiger partial charge in [0, 0.05) is 22.5 Å². The monoisotopic (exact) mass is 253 g/mol. The number of nitrogens with one attached hydrogen (secondary N) is 1. The van der Waals surface area contributed by atoms with Gasteiger partial charge in [0.15, 0.2) is 11.6 Å². The smallest absolute Gasteiger partial charge is 0.159 e. The fraction of sp³-hybridized carbons (Fsp3) is 0.125. The Bertz CT molecular complexity index is 577. The first kappa shape index (κ1) is 13.0. The molecule has 2 aromatic rings. The van der Waals surface area contributed by atoms with Gasteiger partial charge in [-0.25, -0.2) is 0 Å². The van der Waals surface area contributed by atoms with Crippen LogP contribution in [0.25, 0.3) is 0 Å². The maximum absolute atomic E-state index is 11.3. The van der Waals surface area contributed by atoms with E-state index < -0.39 is 0 Å². The standard InChI is InChI=1S/C16H15NO2/c1-11(18)13-5-3-7-15(9-13)17-16-8-4-6-14(10-16)12(2)19/h3-10,17H,1-2H3. The summed E-state index contributed by atoms with van der Waals surface area (Å²) >= 11 is 0. The molecule has 0 fully saturated rings. The van der Waals surface area contributed by atoms with Crippen molar-refractivity contribution in [2.75, 3.05) is 5.32 Å². The van der Waals surface area contributed by atoms with Gasteiger partial charge in [-0.3, -0.25) is 9.59 Å². The Labute approximate surface area is 112 Å². The lowest BCUT2D eigenvalue weighted by molar-refractivity contribution is 0.100. The SMILES string of the molecule is CC(=O)c1cccc(Nc2cccc(C(C)=O)c2)c1. The second-order valence-corrected chi connectivity index (χ2v) is 4.40. The van der Waals surface area contributed by atoms with Crippen molar-refractivity contribution in [3.63, 3.8) is 0 Å². The lowest BCUT2D eigenvalue weighted by Gasteiger charge is -2.08. The number of ketones is 2. The van der Waals surface area contributed by atoms with Crippen LogP contribution in [0.1, 0.15) is 34.6 Å². The minimum absolute atomic E-state index is 0.0288. The van der Waals surface area contributed by atoms with Gasteiger partial charge in [0.05, 0.1) is 0 Å². The molecule has 0 radical (unpaired) electrons. The van der Waals surface area contributed by atoms with Gasteiger partial charge in [-0.05, 0) is 38.1 Å². The van der Waals surface area contributed by atoms with E-state index in [9.17, 15) is 9.59 Å². The zero-order chi connectivity index (χ0) is 13.8. The van der Waals surface area contributed by atoms with Crippen LogP contribution in [0.4, 0.5) is 11.4 Å². The van der Waals surface area contributed by atoms with Crippen molar-refractivity contribution in [2.24, 2.45) is 0 Å². The summed E-state index contributed by atoms with van der Waals surface area (Å²) in [7, 11) is 0. The molecule has 0 heterocycles. The van der Waals surface area contributed by atoms with Crippen molar-refractivity contribution in [1.82, 2.24) is 0 Å². The molecule has 0 amide bonds. The Morgan fingerprint density at radius 1 is 0.789 bits per heavy atom. The number of Topliss-reactive ketones (excluding diaryl/α,β-unsaturated/α-hetero) is 2. The quantitative estimate of drug-likeness (QED) is 0.842. The summed E-state index contributed by atoms with van der Waals surface area (Å²) in [6.07, 6.45) is 0. The molecule has 3 heteroatoms. The van der Waals surface area contributed by atoms with Crippen molar-refractivity contribution < 1.29 is 9.59 Å². The van der Waals surface area contributed by atoms with Crippen LogP contribution in [-0.2, 0) is 0 Å². The van der Waals surface area contributed by atoms with Crippen LogP contribution < -0.4 is 5.32 Å². The van der Waals surface area contributed by atoms with Crippen molar-refractivity contribution in [2.45, 2.75) is 13.8 Å². The molecule has 0 spiro atoms. The number of carbonyl (C=O) groups is 2. The summed E-state index contributed by atoms with van der Waals surface area (Å²) < 4.78 is 0. The minimum atomic E-state index is 0.0288. The molecular weight excluding hydrogens is 238 g/mol. The topological polar surface area (TPSA) is 46.2 Å². The normalized spacial score (nSPS) is 10.0. The number of carbonyl (C=O) groups excluding carboxylic acids is 2. The molecule has 19 heavy (non-hydrogen) atoms. The van der Waals surface area contributed by atoms with E-state index in [1.807, 2.05) is 24.3 Å². The molecule has 0 aliphatic carbocycles. The molecule has 0 aromatic heterocycles. The average Bonchev–Trinajstić information content (AvgIpc) is 2.39. The highest BCUT2D eigenvalue weighted by Gasteiger charge is 2.03. The molecule has 2 aromatic carbocycles. The summed E-state index contributed by atoms with van der Waals surface area (Å²) in [5, 5.41) is 3.19. The van der Waals surface area contributed by atoms with Gasteiger partial charge in [-0.1, -0.05) is 24.3 Å². The van der Waals surface area contributed by atoms with E-state index in [0.29, 0.717) is 11.1 Å². The van der Waals surface area contributed by atoms with Crippen LogP contribution >= 0.6 is 0 Å². The first-order valence-electron chi connectivity index (χ1n) is 6.05. The number of benzene rings is 2. The van der Waals surface area contributed by atoms with Gasteiger partial charge in [0.2, 0.25) is 0 Å². The second-order valence-electron chi connectivity index (χ2n) is 4.40. The van der Waals surface area contributed by atoms with E-state index in [1.165, 1.54) is 13.8 Å². The predicted octanol–water partition coefficient (Wildman–Crippen LogP) is 3.84. The molecule has 3 nitrogen and oxygen atoms in total. The van der Waals surface area contributed by atoms with Gasteiger partial charge in [0.25, 0.3) is 0 Å². The zero-order valence-electron chi connectivity index (χ0n) is 10.9. The van der Waals surface area contributed by atoms with Crippen LogP contribution in [-0.4, -0.2) is 11.6 Å². The molecule has 0 aliphatic rings. The second kappa shape index (κ2) is 5.48. The van der Waals surface area contributed by atoms with Gasteiger partial charge < -0.3 is 5.32 Å². The van der Waals surface area contributed by atoms with E-state index in [0.717, 1.165) is 11.4 Å². The van der Waals surface area contributed by atoms with E-state index >= 15 is 0 Å². The molecule has 2 rings (SSSR count). The maximum Gasteiger partial charge on any atom is 0.159 e. The first-order chi connectivity index (χ1) is 9.06. The summed E-state index contributed by atoms with van der Waals surface area (Å²) in [6, 6.07) is 14.6. The fourth-order valence-corrected chi connectivity index (χ4v) is 1.80. The van der Waals surface area contributed by atoms with E-state index in [-0.39, 0.29) is 11.6 Å². The zero-order valence-corrected chi connectivity index (χ0v) is 10.9. The summed E-state index contributed by atoms with van der Waals surface area (Å²) in [5.74, 6) is 0.0577. The molecule has 1 N–H and O–H groups in total. The number of hydrogen-bond donors (Lipinski definition) is 1. The van der Waals surface area contributed by atoms with Crippen molar-refractivity contribution in [3.05, 3.63) is 59.7 Å². The number of anilines is 2. The predicted molar refractivity (Wildman–Crippen MR) is 76.2 cm³/mol. The molecule has 0 bridgehead atoms. The van der Waals surface area contributed by atoms with Crippen LogP contribution in [0, 0.1) is 0 Å². The van der Waals surface area contributed by atoms with Crippen LogP contribution in [0.15, 0.2) is 48.5 Å². The Morgan fingerprint density at radius 3 is 1.58 bits per heavy atom. The average molecular weight is 253 g/mol. The molecule has 0 unspecified atom stereocenters. The third kappa shape index (κ3) is 3.28. The Kier molecular flexibility index (Phi) is 3.76. The van der Waals surface area contributed by atoms with Crippen LogP contribution in [0.5, 0.6) is 0 Å². The third-order valence-corrected chi connectivity index (χ3v) is 2.83. The Hall–Kier alpha value is -2.42. The molecular formula is C16H15NO2. The number of hydrogen-bond acceptors (Lipinski definition) is 3. The summed E-state index contributed by atoms with van der Waals surface area (Å²) in [6.45, 7) is 3.07. The highest BCUT2D eigenvalue weighted by atomic mass is 16.1. The van der Waals surface area contributed by atoms with Crippen LogP contribution in [0.2, 0.25) is 0 Å². The third-order valence-electron chi connectivity index (χ3n) is 2.83. The Morgan fingerprint density at radius 2 is 1.21 bits per heavy atom. The van der Waals surface area contributed by atoms with Crippen LogP contribution in [0.3, 0.4) is 0 Å². The lowest BCUT2D eigenvalue weighted by Crippen LogP contribution is -1.97. The van der Waals surface area contributed by atoms with Gasteiger partial charge >= 0.3 is 0 Å². The molecule has 0 aliphatic heterocycles. The van der Waals surface area contributed by atoms with Gasteiger partial charge in [0.1, 0.15) is 0 Å². The first-order valence-corrected chi connectivity index (χ1v) is 6.05. The van der Waals surface area contributed by atoms with Crippen molar-refractivity contribution >= 4 is 22.9 Å². The number of rotatable bonds is 4. The van der Waals surface area contributed by atoms with E-state index in [4.69, 9.17) is 0 Å². The van der Waals surface area contributed by atoms with Crippen molar-refractivity contribution in [3.8, 4) is 0 Å².